The first-order valence-corrected chi connectivity index (χ1v) is 7.87. The van der Waals surface area contributed by atoms with Crippen molar-refractivity contribution in [3.05, 3.63) is 35.9 Å². The molecular formula is C18H22O8. The Hall–Kier alpha value is -2.90. The van der Waals surface area contributed by atoms with Crippen LogP contribution in [0.5, 0.6) is 0 Å². The lowest BCUT2D eigenvalue weighted by molar-refractivity contribution is -0.180. The van der Waals surface area contributed by atoms with E-state index in [-0.39, 0.29) is 5.56 Å². The molecule has 1 N–H and O–H groups in total. The van der Waals surface area contributed by atoms with E-state index in [1.165, 1.54) is 12.1 Å². The number of benzene rings is 1. The van der Waals surface area contributed by atoms with Crippen LogP contribution in [0.15, 0.2) is 30.3 Å². The number of carbonyl (C=O) groups is 4. The number of rotatable bonds is 7. The molecule has 0 radical (unpaired) electrons. The maximum Gasteiger partial charge on any atom is 0.349 e. The van der Waals surface area contributed by atoms with Crippen LogP contribution in [0.1, 0.15) is 45.8 Å². The maximum absolute atomic E-state index is 12.3. The topological polar surface area (TPSA) is 116 Å². The molecule has 0 bridgehead atoms. The second kappa shape index (κ2) is 8.98. The first-order chi connectivity index (χ1) is 12.0. The van der Waals surface area contributed by atoms with Gasteiger partial charge in [0.2, 0.25) is 12.2 Å². The van der Waals surface area contributed by atoms with Gasteiger partial charge in [0.05, 0.1) is 6.42 Å². The first kappa shape index (κ1) is 21.1. The molecule has 0 saturated carbocycles. The number of hydrogen-bond donors (Lipinski definition) is 1. The molecule has 1 aromatic carbocycles. The van der Waals surface area contributed by atoms with Crippen molar-refractivity contribution in [1.29, 1.82) is 0 Å². The smallest absolute Gasteiger partial charge is 0.349 e. The van der Waals surface area contributed by atoms with Gasteiger partial charge in [0.25, 0.3) is 0 Å². The van der Waals surface area contributed by atoms with Crippen molar-refractivity contribution >= 4 is 23.9 Å². The largest absolute Gasteiger partial charge is 0.478 e. The molecule has 142 valence electrons. The van der Waals surface area contributed by atoms with Crippen LogP contribution in [0, 0.1) is 0 Å². The van der Waals surface area contributed by atoms with E-state index >= 15 is 0 Å². The Bertz CT molecular complexity index is 660. The van der Waals surface area contributed by atoms with Gasteiger partial charge in [-0.15, -0.1) is 0 Å². The van der Waals surface area contributed by atoms with Crippen LogP contribution in [0.4, 0.5) is 0 Å². The van der Waals surface area contributed by atoms with Gasteiger partial charge in [-0.05, 0) is 20.8 Å². The summed E-state index contributed by atoms with van der Waals surface area (Å²) in [4.78, 5) is 46.8. The summed E-state index contributed by atoms with van der Waals surface area (Å²) in [6.07, 6.45) is -3.79. The summed E-state index contributed by atoms with van der Waals surface area (Å²) in [5.74, 6) is -4.15. The highest BCUT2D eigenvalue weighted by Gasteiger charge is 2.33. The zero-order valence-electron chi connectivity index (χ0n) is 15.1. The number of carboxylic acid groups (broad SMARTS) is 1. The van der Waals surface area contributed by atoms with Gasteiger partial charge < -0.3 is 19.3 Å². The number of esters is 3. The van der Waals surface area contributed by atoms with Gasteiger partial charge in [-0.3, -0.25) is 9.59 Å². The standard InChI is InChI=1S/C18H22O8/c1-11(19)24-13(10-14(20)26-18(2,3)4)17(23)25-15(16(21)22)12-8-6-5-7-9-12/h5-9,13,15H,10H2,1-4H3,(H,21,22)/t13?,15-/m0/s1. The lowest BCUT2D eigenvalue weighted by Gasteiger charge is -2.22. The number of hydrogen-bond acceptors (Lipinski definition) is 7. The minimum atomic E-state index is -1.60. The molecule has 8 nitrogen and oxygen atoms in total. The highest BCUT2D eigenvalue weighted by Crippen LogP contribution is 2.20. The zero-order chi connectivity index (χ0) is 19.9. The lowest BCUT2D eigenvalue weighted by Crippen LogP contribution is -2.35. The van der Waals surface area contributed by atoms with Gasteiger partial charge in [0.15, 0.2) is 0 Å². The molecule has 0 saturated heterocycles. The zero-order valence-corrected chi connectivity index (χ0v) is 15.1. The Morgan fingerprint density at radius 1 is 1.04 bits per heavy atom. The van der Waals surface area contributed by atoms with E-state index in [9.17, 15) is 24.3 Å². The fourth-order valence-corrected chi connectivity index (χ4v) is 1.99. The van der Waals surface area contributed by atoms with Crippen molar-refractivity contribution in [2.24, 2.45) is 0 Å². The Kier molecular flexibility index (Phi) is 7.30. The fourth-order valence-electron chi connectivity index (χ4n) is 1.99. The summed E-state index contributed by atoms with van der Waals surface area (Å²) < 4.78 is 14.9. The van der Waals surface area contributed by atoms with E-state index in [2.05, 4.69) is 0 Å². The molecule has 1 aromatic rings. The normalized spacial score (nSPS) is 13.2. The maximum atomic E-state index is 12.3. The molecule has 26 heavy (non-hydrogen) atoms. The summed E-state index contributed by atoms with van der Waals surface area (Å²) in [6, 6.07) is 7.79. The molecule has 1 unspecified atom stereocenters. The molecule has 0 fully saturated rings. The predicted octanol–water partition coefficient (Wildman–Crippen LogP) is 2.02. The fraction of sp³-hybridized carbons (Fsp3) is 0.444. The molecule has 0 amide bonds. The van der Waals surface area contributed by atoms with E-state index < -0.39 is 48.1 Å². The molecule has 8 heteroatoms. The van der Waals surface area contributed by atoms with Crippen LogP contribution in [0.3, 0.4) is 0 Å². The van der Waals surface area contributed by atoms with Crippen molar-refractivity contribution in [1.82, 2.24) is 0 Å². The van der Waals surface area contributed by atoms with Crippen molar-refractivity contribution in [3.63, 3.8) is 0 Å². The predicted molar refractivity (Wildman–Crippen MR) is 88.9 cm³/mol. The highest BCUT2D eigenvalue weighted by atomic mass is 16.6. The van der Waals surface area contributed by atoms with Crippen LogP contribution in [-0.2, 0) is 33.4 Å². The van der Waals surface area contributed by atoms with E-state index in [4.69, 9.17) is 14.2 Å². The summed E-state index contributed by atoms with van der Waals surface area (Å²) >= 11 is 0. The quantitative estimate of drug-likeness (QED) is 0.575. The third kappa shape index (κ3) is 7.33. The number of carboxylic acids is 1. The van der Waals surface area contributed by atoms with Crippen LogP contribution >= 0.6 is 0 Å². The van der Waals surface area contributed by atoms with E-state index in [0.29, 0.717) is 0 Å². The molecule has 0 aliphatic rings. The molecule has 0 aliphatic heterocycles. The third-order valence-corrected chi connectivity index (χ3v) is 2.90. The van der Waals surface area contributed by atoms with Crippen LogP contribution < -0.4 is 0 Å². The number of ether oxygens (including phenoxy) is 3. The minimum absolute atomic E-state index is 0.229. The van der Waals surface area contributed by atoms with Crippen LogP contribution in [0.25, 0.3) is 0 Å². The first-order valence-electron chi connectivity index (χ1n) is 7.87. The van der Waals surface area contributed by atoms with Crippen LogP contribution in [-0.4, -0.2) is 40.7 Å². The van der Waals surface area contributed by atoms with Crippen molar-refractivity contribution in [2.45, 2.75) is 51.9 Å². The Labute approximate surface area is 151 Å². The molecule has 2 atom stereocenters. The van der Waals surface area contributed by atoms with Crippen molar-refractivity contribution in [3.8, 4) is 0 Å². The monoisotopic (exact) mass is 366 g/mol. The SMILES string of the molecule is CC(=O)OC(CC(=O)OC(C)(C)C)C(=O)O[C@H](C(=O)O)c1ccccc1. The summed E-state index contributed by atoms with van der Waals surface area (Å²) in [5.41, 5.74) is -0.567. The Morgan fingerprint density at radius 2 is 1.62 bits per heavy atom. The van der Waals surface area contributed by atoms with E-state index in [1.54, 1.807) is 39.0 Å². The lowest BCUT2D eigenvalue weighted by atomic mass is 10.1. The van der Waals surface area contributed by atoms with Gasteiger partial charge in [0, 0.05) is 12.5 Å². The molecular weight excluding hydrogens is 344 g/mol. The Balaban J connectivity index is 2.91. The number of carbonyl (C=O) groups excluding carboxylic acids is 3. The van der Waals surface area contributed by atoms with E-state index in [0.717, 1.165) is 6.92 Å². The second-order valence-corrected chi connectivity index (χ2v) is 6.45. The Morgan fingerprint density at radius 3 is 2.08 bits per heavy atom. The minimum Gasteiger partial charge on any atom is -0.478 e. The molecule has 0 heterocycles. The summed E-state index contributed by atoms with van der Waals surface area (Å²) in [7, 11) is 0. The van der Waals surface area contributed by atoms with Crippen LogP contribution in [0.2, 0.25) is 0 Å². The van der Waals surface area contributed by atoms with Crippen molar-refractivity contribution in [2.75, 3.05) is 0 Å². The van der Waals surface area contributed by atoms with Gasteiger partial charge in [-0.1, -0.05) is 30.3 Å². The van der Waals surface area contributed by atoms with Gasteiger partial charge >= 0.3 is 23.9 Å². The summed E-state index contributed by atoms with van der Waals surface area (Å²) in [5, 5.41) is 9.30. The van der Waals surface area contributed by atoms with Crippen molar-refractivity contribution < 1.29 is 38.5 Å². The molecule has 1 rings (SSSR count). The third-order valence-electron chi connectivity index (χ3n) is 2.90. The summed E-state index contributed by atoms with van der Waals surface area (Å²) in [6.45, 7) is 5.97. The second-order valence-electron chi connectivity index (χ2n) is 6.45. The molecule has 0 spiro atoms. The van der Waals surface area contributed by atoms with Gasteiger partial charge in [-0.2, -0.15) is 0 Å². The van der Waals surface area contributed by atoms with Gasteiger partial charge in [0.1, 0.15) is 5.60 Å². The van der Waals surface area contributed by atoms with E-state index in [1.807, 2.05) is 0 Å². The molecule has 0 aliphatic carbocycles. The number of aliphatic carboxylic acids is 1. The average molecular weight is 366 g/mol. The molecule has 0 aromatic heterocycles. The average Bonchev–Trinajstić information content (AvgIpc) is 2.50. The van der Waals surface area contributed by atoms with Gasteiger partial charge in [-0.25, -0.2) is 9.59 Å². The highest BCUT2D eigenvalue weighted by molar-refractivity contribution is 5.86.